The minimum Gasteiger partial charge on any atom is -0.359 e. The molecule has 26 heavy (non-hydrogen) atoms. The molecule has 0 spiro atoms. The van der Waals surface area contributed by atoms with Gasteiger partial charge in [0.2, 0.25) is 0 Å². The second kappa shape index (κ2) is 6.68. The molecule has 1 heterocycles. The predicted octanol–water partition coefficient (Wildman–Crippen LogP) is 3.72. The van der Waals surface area contributed by atoms with Gasteiger partial charge in [-0.05, 0) is 30.5 Å². The van der Waals surface area contributed by atoms with Crippen LogP contribution in [-0.4, -0.2) is 26.1 Å². The lowest BCUT2D eigenvalue weighted by Gasteiger charge is -2.27. The molecule has 1 saturated heterocycles. The van der Waals surface area contributed by atoms with Gasteiger partial charge in [0.15, 0.2) is 9.84 Å². The van der Waals surface area contributed by atoms with Crippen LogP contribution in [0.15, 0.2) is 47.4 Å². The summed E-state index contributed by atoms with van der Waals surface area (Å²) in [5.41, 5.74) is 0.502. The number of hydrogen-bond donors (Lipinski definition) is 0. The molecule has 0 aromatic heterocycles. The number of anilines is 1. The number of sulfone groups is 1. The van der Waals surface area contributed by atoms with Gasteiger partial charge in [0.25, 0.3) is 5.69 Å². The van der Waals surface area contributed by atoms with Crippen molar-refractivity contribution in [2.45, 2.75) is 24.3 Å². The summed E-state index contributed by atoms with van der Waals surface area (Å²) in [5, 5.41) is 11.6. The summed E-state index contributed by atoms with van der Waals surface area (Å²) in [7, 11) is -3.57. The molecule has 0 bridgehead atoms. The van der Waals surface area contributed by atoms with Gasteiger partial charge in [-0.15, -0.1) is 0 Å². The number of hydrogen-bond acceptors (Lipinski definition) is 5. The Morgan fingerprint density at radius 2 is 1.92 bits per heavy atom. The summed E-state index contributed by atoms with van der Waals surface area (Å²) in [6.45, 7) is 2.53. The molecule has 138 valence electrons. The van der Waals surface area contributed by atoms with Crippen LogP contribution in [-0.2, 0) is 9.84 Å². The van der Waals surface area contributed by atoms with Crippen molar-refractivity contribution in [3.63, 3.8) is 0 Å². The van der Waals surface area contributed by atoms with Gasteiger partial charge in [0, 0.05) is 24.4 Å². The van der Waals surface area contributed by atoms with Crippen LogP contribution in [0.4, 0.5) is 15.8 Å². The first kappa shape index (κ1) is 18.3. The van der Waals surface area contributed by atoms with E-state index in [-0.39, 0.29) is 28.4 Å². The van der Waals surface area contributed by atoms with Crippen molar-refractivity contribution in [3.05, 3.63) is 64.0 Å². The highest BCUT2D eigenvalue weighted by molar-refractivity contribution is 7.90. The maximum Gasteiger partial charge on any atom is 0.293 e. The summed E-state index contributed by atoms with van der Waals surface area (Å²) in [6.07, 6.45) is 1.66. The van der Waals surface area contributed by atoms with E-state index in [0.29, 0.717) is 24.2 Å². The lowest BCUT2D eigenvalue weighted by molar-refractivity contribution is -0.384. The number of nitro benzene ring substituents is 1. The number of halogens is 1. The quantitative estimate of drug-likeness (QED) is 0.598. The van der Waals surface area contributed by atoms with Crippen LogP contribution in [0.1, 0.15) is 24.9 Å². The largest absolute Gasteiger partial charge is 0.359 e. The van der Waals surface area contributed by atoms with Crippen LogP contribution in [0.25, 0.3) is 0 Å². The first-order valence-electron chi connectivity index (χ1n) is 8.18. The summed E-state index contributed by atoms with van der Waals surface area (Å²) in [6, 6.07) is 9.94. The second-order valence-electron chi connectivity index (χ2n) is 6.71. The molecule has 0 saturated carbocycles. The zero-order chi connectivity index (χ0) is 19.1. The van der Waals surface area contributed by atoms with Gasteiger partial charge in [-0.3, -0.25) is 10.1 Å². The fourth-order valence-corrected chi connectivity index (χ4v) is 4.12. The van der Waals surface area contributed by atoms with E-state index >= 15 is 0 Å². The topological polar surface area (TPSA) is 80.5 Å². The Labute approximate surface area is 151 Å². The molecule has 2 aromatic rings. The lowest BCUT2D eigenvalue weighted by atomic mass is 10.00. The van der Waals surface area contributed by atoms with E-state index in [9.17, 15) is 22.9 Å². The Kier molecular flexibility index (Phi) is 4.70. The Balaban J connectivity index is 2.12. The molecule has 1 aliphatic heterocycles. The maximum absolute atomic E-state index is 14.3. The normalized spacial score (nSPS) is 20.3. The number of nitro groups is 1. The molecule has 0 radical (unpaired) electrons. The minimum atomic E-state index is -3.57. The van der Waals surface area contributed by atoms with Gasteiger partial charge in [-0.2, -0.15) is 0 Å². The molecule has 8 heteroatoms. The third-order valence-corrected chi connectivity index (χ3v) is 5.77. The Morgan fingerprint density at radius 1 is 1.23 bits per heavy atom. The van der Waals surface area contributed by atoms with E-state index in [0.717, 1.165) is 12.3 Å². The minimum absolute atomic E-state index is 0.109. The van der Waals surface area contributed by atoms with Gasteiger partial charge >= 0.3 is 0 Å². The van der Waals surface area contributed by atoms with Gasteiger partial charge in [0.05, 0.1) is 15.9 Å². The van der Waals surface area contributed by atoms with Crippen molar-refractivity contribution in [1.29, 1.82) is 0 Å². The van der Waals surface area contributed by atoms with Crippen LogP contribution >= 0.6 is 0 Å². The molecule has 2 unspecified atom stereocenters. The molecule has 1 fully saturated rings. The molecular weight excluding hydrogens is 359 g/mol. The molecule has 2 atom stereocenters. The third kappa shape index (κ3) is 3.41. The molecule has 0 aliphatic carbocycles. The number of benzene rings is 2. The van der Waals surface area contributed by atoms with Gasteiger partial charge < -0.3 is 4.90 Å². The van der Waals surface area contributed by atoms with Gasteiger partial charge in [-0.1, -0.05) is 25.1 Å². The maximum atomic E-state index is 14.3. The van der Waals surface area contributed by atoms with Crippen molar-refractivity contribution < 1.29 is 17.7 Å². The zero-order valence-electron chi connectivity index (χ0n) is 14.4. The summed E-state index contributed by atoms with van der Waals surface area (Å²) in [5.74, 6) is -0.138. The van der Waals surface area contributed by atoms with Gasteiger partial charge in [0.1, 0.15) is 11.5 Å². The Morgan fingerprint density at radius 3 is 2.54 bits per heavy atom. The Bertz CT molecular complexity index is 961. The summed E-state index contributed by atoms with van der Waals surface area (Å²) < 4.78 is 37.8. The van der Waals surface area contributed by atoms with E-state index in [1.165, 1.54) is 18.2 Å². The number of rotatable bonds is 4. The molecule has 1 aliphatic rings. The van der Waals surface area contributed by atoms with E-state index in [1.54, 1.807) is 23.1 Å². The predicted molar refractivity (Wildman–Crippen MR) is 96.5 cm³/mol. The van der Waals surface area contributed by atoms with E-state index in [4.69, 9.17) is 0 Å². The first-order valence-corrected chi connectivity index (χ1v) is 10.1. The molecular formula is C18H19FN2O4S. The fourth-order valence-electron chi connectivity index (χ4n) is 3.48. The smallest absolute Gasteiger partial charge is 0.293 e. The Hall–Kier alpha value is -2.48. The van der Waals surface area contributed by atoms with E-state index in [2.05, 4.69) is 0 Å². The molecule has 0 N–H and O–H groups in total. The highest BCUT2D eigenvalue weighted by Gasteiger charge is 2.36. The average molecular weight is 378 g/mol. The van der Waals surface area contributed by atoms with Crippen LogP contribution in [0.5, 0.6) is 0 Å². The standard InChI is InChI=1S/C18H19FN2O4S/c1-12-9-17(14-5-3-4-6-15(14)19)20(11-12)16-8-7-13(26(2,24)25)10-18(16)21(22)23/h3-8,10,12,17H,9,11H2,1-2H3. The summed E-state index contributed by atoms with van der Waals surface area (Å²) in [4.78, 5) is 12.7. The van der Waals surface area contributed by atoms with Crippen LogP contribution < -0.4 is 4.90 Å². The third-order valence-electron chi connectivity index (χ3n) is 4.66. The SMILES string of the molecule is CC1CC(c2ccccc2F)N(c2ccc(S(C)(=O)=O)cc2[N+](=O)[O-])C1. The van der Waals surface area contributed by atoms with Crippen molar-refractivity contribution >= 4 is 21.2 Å². The average Bonchev–Trinajstić information content (AvgIpc) is 2.95. The fraction of sp³-hybridized carbons (Fsp3) is 0.333. The van der Waals surface area contributed by atoms with Crippen molar-refractivity contribution in [2.75, 3.05) is 17.7 Å². The number of nitrogens with zero attached hydrogens (tertiary/aromatic N) is 2. The second-order valence-corrected chi connectivity index (χ2v) is 8.73. The highest BCUT2D eigenvalue weighted by atomic mass is 32.2. The van der Waals surface area contributed by atoms with Crippen LogP contribution in [0.2, 0.25) is 0 Å². The van der Waals surface area contributed by atoms with Crippen molar-refractivity contribution in [3.8, 4) is 0 Å². The summed E-state index contributed by atoms with van der Waals surface area (Å²) >= 11 is 0. The van der Waals surface area contributed by atoms with Crippen molar-refractivity contribution in [2.24, 2.45) is 5.92 Å². The van der Waals surface area contributed by atoms with Crippen molar-refractivity contribution in [1.82, 2.24) is 0 Å². The van der Waals surface area contributed by atoms with E-state index in [1.807, 2.05) is 6.92 Å². The zero-order valence-corrected chi connectivity index (χ0v) is 15.2. The van der Waals surface area contributed by atoms with Gasteiger partial charge in [-0.25, -0.2) is 12.8 Å². The molecule has 3 rings (SSSR count). The molecule has 2 aromatic carbocycles. The van der Waals surface area contributed by atoms with E-state index < -0.39 is 14.8 Å². The molecule has 6 nitrogen and oxygen atoms in total. The lowest BCUT2D eigenvalue weighted by Crippen LogP contribution is -2.25. The van der Waals surface area contributed by atoms with Crippen LogP contribution in [0, 0.1) is 21.8 Å². The first-order chi connectivity index (χ1) is 12.2. The van der Waals surface area contributed by atoms with Crippen LogP contribution in [0.3, 0.4) is 0 Å². The molecule has 0 amide bonds. The monoisotopic (exact) mass is 378 g/mol. The highest BCUT2D eigenvalue weighted by Crippen LogP contribution is 2.43.